The van der Waals surface area contributed by atoms with Gasteiger partial charge in [-0.05, 0) is 35.4 Å². The molecule has 2 aliphatic rings. The number of aromatic amines is 1. The van der Waals surface area contributed by atoms with Crippen LogP contribution in [0.25, 0.3) is 10.9 Å². The lowest BCUT2D eigenvalue weighted by Crippen LogP contribution is -2.57. The molecule has 2 aliphatic heterocycles. The third-order valence-corrected chi connectivity index (χ3v) is 8.01. The van der Waals surface area contributed by atoms with Crippen LogP contribution in [-0.2, 0) is 20.8 Å². The minimum Gasteiger partial charge on any atom is -0.492 e. The highest BCUT2D eigenvalue weighted by Crippen LogP contribution is 2.50. The molecule has 3 aromatic carbocycles. The van der Waals surface area contributed by atoms with Crippen molar-refractivity contribution in [3.63, 3.8) is 0 Å². The van der Waals surface area contributed by atoms with Gasteiger partial charge in [0.15, 0.2) is 0 Å². The molecule has 0 bridgehead atoms. The van der Waals surface area contributed by atoms with E-state index >= 15 is 0 Å². The van der Waals surface area contributed by atoms with Crippen LogP contribution in [0.2, 0.25) is 0 Å². The van der Waals surface area contributed by atoms with E-state index in [-0.39, 0.29) is 19.6 Å². The van der Waals surface area contributed by atoms with Gasteiger partial charge in [-0.3, -0.25) is 24.6 Å². The zero-order valence-electron chi connectivity index (χ0n) is 21.4. The third kappa shape index (κ3) is 4.01. The minimum atomic E-state index is -1.79. The predicted molar refractivity (Wildman–Crippen MR) is 145 cm³/mol. The molecule has 3 N–H and O–H groups in total. The van der Waals surface area contributed by atoms with Crippen LogP contribution in [0.4, 0.5) is 0 Å². The summed E-state index contributed by atoms with van der Waals surface area (Å²) in [6, 6.07) is 24.6. The highest BCUT2D eigenvalue weighted by molar-refractivity contribution is 6.09. The number of nitrogens with zero attached hydrogens (tertiary/aromatic N) is 2. The van der Waals surface area contributed by atoms with E-state index in [1.54, 1.807) is 42.6 Å². The molecular formula is C31H26N4O5. The Hall–Kier alpha value is -4.94. The molecule has 0 saturated carbocycles. The zero-order valence-corrected chi connectivity index (χ0v) is 21.4. The van der Waals surface area contributed by atoms with Gasteiger partial charge < -0.3 is 14.8 Å². The normalized spacial score (nSPS) is 23.8. The molecule has 2 fully saturated rings. The molecule has 1 aromatic heterocycles. The number of nitriles is 1. The molecule has 2 saturated heterocycles. The summed E-state index contributed by atoms with van der Waals surface area (Å²) in [5, 5.41) is 24.6. The Morgan fingerprint density at radius 2 is 1.73 bits per heavy atom. The van der Waals surface area contributed by atoms with Crippen molar-refractivity contribution in [3.05, 3.63) is 102 Å². The van der Waals surface area contributed by atoms with E-state index in [0.717, 1.165) is 15.8 Å². The first-order valence-electron chi connectivity index (χ1n) is 13.0. The van der Waals surface area contributed by atoms with Gasteiger partial charge in [0.1, 0.15) is 17.9 Å². The number of likely N-dealkylation sites (tertiary alicyclic amines) is 1. The number of H-pyrrole nitrogens is 1. The molecule has 0 spiro atoms. The van der Waals surface area contributed by atoms with E-state index in [1.165, 1.54) is 0 Å². The number of para-hydroxylation sites is 2. The average molecular weight is 535 g/mol. The second kappa shape index (κ2) is 9.98. The Balaban J connectivity index is 1.40. The monoisotopic (exact) mass is 534 g/mol. The lowest BCUT2D eigenvalue weighted by Gasteiger charge is -2.31. The van der Waals surface area contributed by atoms with Crippen molar-refractivity contribution >= 4 is 28.7 Å². The summed E-state index contributed by atoms with van der Waals surface area (Å²) in [4.78, 5) is 45.3. The summed E-state index contributed by atoms with van der Waals surface area (Å²) in [5.74, 6) is -3.84. The van der Waals surface area contributed by atoms with Crippen molar-refractivity contribution in [2.24, 2.45) is 11.8 Å². The summed E-state index contributed by atoms with van der Waals surface area (Å²) in [6.07, 6.45) is 1.71. The number of benzene rings is 3. The predicted octanol–water partition coefficient (Wildman–Crippen LogP) is 3.43. The second-order valence-corrected chi connectivity index (χ2v) is 10.1. The van der Waals surface area contributed by atoms with Gasteiger partial charge in [-0.15, -0.1) is 0 Å². The molecular weight excluding hydrogens is 508 g/mol. The Bertz CT molecular complexity index is 1660. The first-order chi connectivity index (χ1) is 19.4. The number of nitrogens with one attached hydrogen (secondary N) is 2. The molecule has 3 heterocycles. The van der Waals surface area contributed by atoms with Crippen molar-refractivity contribution in [1.29, 1.82) is 5.26 Å². The second-order valence-electron chi connectivity index (χ2n) is 10.1. The van der Waals surface area contributed by atoms with Crippen LogP contribution < -0.4 is 10.1 Å². The molecule has 4 atom stereocenters. The van der Waals surface area contributed by atoms with E-state index in [0.29, 0.717) is 22.4 Å². The smallest absolute Gasteiger partial charge is 0.325 e. The van der Waals surface area contributed by atoms with E-state index in [1.807, 2.05) is 42.5 Å². The molecule has 6 rings (SSSR count). The van der Waals surface area contributed by atoms with Gasteiger partial charge in [0.05, 0.1) is 30.0 Å². The van der Waals surface area contributed by atoms with Gasteiger partial charge in [-0.25, -0.2) is 0 Å². The first-order valence-corrected chi connectivity index (χ1v) is 13.0. The van der Waals surface area contributed by atoms with Crippen molar-refractivity contribution in [2.75, 3.05) is 13.2 Å². The number of rotatable bonds is 8. The highest BCUT2D eigenvalue weighted by atomic mass is 16.5. The van der Waals surface area contributed by atoms with Crippen LogP contribution in [0.3, 0.4) is 0 Å². The van der Waals surface area contributed by atoms with Crippen LogP contribution in [0.5, 0.6) is 5.75 Å². The number of amides is 2. The SMILES string of the molecule is N#Cc1ccccc1C1NC(Cc2c[nH]c3ccccc23)(C(=O)O)C2C(=O)N(CCOc3ccccc3)C(=O)C12. The number of carbonyl (C=O) groups is 3. The van der Waals surface area contributed by atoms with Gasteiger partial charge in [0.2, 0.25) is 11.8 Å². The molecule has 0 radical (unpaired) electrons. The molecule has 2 amide bonds. The number of aromatic nitrogens is 1. The number of fused-ring (bicyclic) bond motifs is 2. The van der Waals surface area contributed by atoms with Crippen LogP contribution in [0.15, 0.2) is 85.1 Å². The van der Waals surface area contributed by atoms with Crippen molar-refractivity contribution in [3.8, 4) is 11.8 Å². The summed E-state index contributed by atoms with van der Waals surface area (Å²) in [6.45, 7) is 0.0469. The fraction of sp³-hybridized carbons (Fsp3) is 0.226. The average Bonchev–Trinajstić information content (AvgIpc) is 3.62. The number of carboxylic acid groups (broad SMARTS) is 1. The van der Waals surface area contributed by atoms with Gasteiger partial charge in [-0.1, -0.05) is 54.6 Å². The Labute approximate surface area is 230 Å². The lowest BCUT2D eigenvalue weighted by atomic mass is 9.76. The number of carboxylic acids is 1. The maximum Gasteiger partial charge on any atom is 0.325 e. The van der Waals surface area contributed by atoms with Crippen LogP contribution >= 0.6 is 0 Å². The molecule has 4 unspecified atom stereocenters. The number of hydrogen-bond acceptors (Lipinski definition) is 6. The van der Waals surface area contributed by atoms with E-state index in [9.17, 15) is 24.8 Å². The van der Waals surface area contributed by atoms with Gasteiger partial charge in [-0.2, -0.15) is 5.26 Å². The number of aliphatic carboxylic acids is 1. The largest absolute Gasteiger partial charge is 0.492 e. The van der Waals surface area contributed by atoms with Crippen molar-refractivity contribution in [1.82, 2.24) is 15.2 Å². The molecule has 0 aliphatic carbocycles. The highest BCUT2D eigenvalue weighted by Gasteiger charge is 2.68. The zero-order chi connectivity index (χ0) is 27.9. The van der Waals surface area contributed by atoms with Gasteiger partial charge in [0, 0.05) is 29.6 Å². The summed E-state index contributed by atoms with van der Waals surface area (Å²) in [5.41, 5.74) is 0.575. The van der Waals surface area contributed by atoms with E-state index in [4.69, 9.17) is 4.74 Å². The molecule has 4 aromatic rings. The quantitative estimate of drug-likeness (QED) is 0.295. The van der Waals surface area contributed by atoms with Crippen LogP contribution in [0, 0.1) is 23.2 Å². The minimum absolute atomic E-state index is 0.0189. The van der Waals surface area contributed by atoms with E-state index < -0.39 is 41.2 Å². The Kier molecular flexibility index (Phi) is 6.33. The first kappa shape index (κ1) is 25.3. The molecule has 40 heavy (non-hydrogen) atoms. The number of ether oxygens (including phenoxy) is 1. The van der Waals surface area contributed by atoms with Crippen LogP contribution in [0.1, 0.15) is 22.7 Å². The molecule has 9 nitrogen and oxygen atoms in total. The fourth-order valence-electron chi connectivity index (χ4n) is 6.20. The molecule has 200 valence electrons. The third-order valence-electron chi connectivity index (χ3n) is 8.01. The Morgan fingerprint density at radius 1 is 1.00 bits per heavy atom. The summed E-state index contributed by atoms with van der Waals surface area (Å²) >= 11 is 0. The lowest BCUT2D eigenvalue weighted by molar-refractivity contribution is -0.151. The number of imide groups is 1. The summed E-state index contributed by atoms with van der Waals surface area (Å²) in [7, 11) is 0. The Morgan fingerprint density at radius 3 is 2.50 bits per heavy atom. The fourth-order valence-corrected chi connectivity index (χ4v) is 6.20. The van der Waals surface area contributed by atoms with Crippen LogP contribution in [-0.4, -0.2) is 51.5 Å². The van der Waals surface area contributed by atoms with E-state index in [2.05, 4.69) is 16.4 Å². The van der Waals surface area contributed by atoms with Crippen molar-refractivity contribution < 1.29 is 24.2 Å². The summed E-state index contributed by atoms with van der Waals surface area (Å²) < 4.78 is 5.74. The topological polar surface area (TPSA) is 136 Å². The van der Waals surface area contributed by atoms with Gasteiger partial charge in [0.25, 0.3) is 0 Å². The number of carbonyl (C=O) groups excluding carboxylic acids is 2. The standard InChI is InChI=1S/C31H26N4O5/c32-17-19-8-4-5-12-23(19)27-25-26(29(37)35(28(25)36)14-15-40-21-9-2-1-3-10-21)31(34-27,30(38)39)16-20-18-33-24-13-7-6-11-22(20)24/h1-13,18,25-27,33-34H,14-16H2,(H,38,39). The maximum atomic E-state index is 14.0. The molecule has 9 heteroatoms. The maximum absolute atomic E-state index is 14.0. The number of hydrogen-bond donors (Lipinski definition) is 3. The van der Waals surface area contributed by atoms with Crippen molar-refractivity contribution in [2.45, 2.75) is 18.0 Å². The van der Waals surface area contributed by atoms with Gasteiger partial charge >= 0.3 is 5.97 Å².